The molecule has 3 aromatic heterocycles. The lowest BCUT2D eigenvalue weighted by Gasteiger charge is -2.12. The zero-order valence-electron chi connectivity index (χ0n) is 17.0. The number of anilines is 1. The van der Waals surface area contributed by atoms with Gasteiger partial charge in [0.05, 0.1) is 24.3 Å². The van der Waals surface area contributed by atoms with E-state index in [1.165, 1.54) is 16.3 Å². The number of furan rings is 1. The van der Waals surface area contributed by atoms with Crippen molar-refractivity contribution in [3.63, 3.8) is 0 Å². The van der Waals surface area contributed by atoms with Gasteiger partial charge in [0.25, 0.3) is 5.56 Å². The molecule has 4 aromatic rings. The fraction of sp³-hybridized carbons (Fsp3) is 0.238. The number of rotatable bonds is 7. The molecular weight excluding hydrogens is 438 g/mol. The highest BCUT2D eigenvalue weighted by Crippen LogP contribution is 2.22. The monoisotopic (exact) mass is 457 g/mol. The lowest BCUT2D eigenvalue weighted by molar-refractivity contribution is -0.113. The van der Waals surface area contributed by atoms with Crippen LogP contribution in [0, 0.1) is 6.92 Å². The number of aryl methyl sites for hydroxylation is 2. The second-order valence-corrected chi connectivity index (χ2v) is 8.19. The predicted molar refractivity (Wildman–Crippen MR) is 121 cm³/mol. The Kier molecular flexibility index (Phi) is 6.15. The average Bonchev–Trinajstić information content (AvgIpc) is 3.36. The van der Waals surface area contributed by atoms with Crippen molar-refractivity contribution in [3.8, 4) is 0 Å². The molecule has 1 aromatic carbocycles. The van der Waals surface area contributed by atoms with Gasteiger partial charge in [0.1, 0.15) is 11.3 Å². The highest BCUT2D eigenvalue weighted by molar-refractivity contribution is 7.99. The highest BCUT2D eigenvalue weighted by Gasteiger charge is 2.19. The highest BCUT2D eigenvalue weighted by atomic mass is 35.5. The predicted octanol–water partition coefficient (Wildman–Crippen LogP) is 3.95. The molecule has 0 aliphatic rings. The average molecular weight is 458 g/mol. The van der Waals surface area contributed by atoms with Crippen molar-refractivity contribution in [2.75, 3.05) is 11.1 Å². The number of benzene rings is 1. The summed E-state index contributed by atoms with van der Waals surface area (Å²) < 4.78 is 8.60. The molecule has 0 atom stereocenters. The second kappa shape index (κ2) is 8.99. The van der Waals surface area contributed by atoms with Gasteiger partial charge in [-0.1, -0.05) is 29.4 Å². The standard InChI is InChI=1S/C21H20ClN5O3S/c1-3-27-19-18(13(2)25-27)24-21(26(20(19)29)11-16-8-5-9-30-16)31-12-17(28)23-15-7-4-6-14(22)10-15/h4-10H,3,11-12H2,1-2H3,(H,23,28). The fourth-order valence-corrected chi connectivity index (χ4v) is 4.20. The van der Waals surface area contributed by atoms with E-state index in [9.17, 15) is 9.59 Å². The molecule has 0 unspecified atom stereocenters. The summed E-state index contributed by atoms with van der Waals surface area (Å²) in [6.07, 6.45) is 1.55. The van der Waals surface area contributed by atoms with E-state index >= 15 is 0 Å². The minimum Gasteiger partial charge on any atom is -0.467 e. The van der Waals surface area contributed by atoms with Gasteiger partial charge in [-0.3, -0.25) is 18.8 Å². The lowest BCUT2D eigenvalue weighted by Crippen LogP contribution is -2.26. The van der Waals surface area contributed by atoms with Crippen LogP contribution in [0.2, 0.25) is 5.02 Å². The molecule has 0 aliphatic carbocycles. The zero-order chi connectivity index (χ0) is 22.0. The van der Waals surface area contributed by atoms with Gasteiger partial charge < -0.3 is 9.73 Å². The third-order valence-corrected chi connectivity index (χ3v) is 5.83. The number of thioether (sulfide) groups is 1. The molecule has 160 valence electrons. The number of amides is 1. The molecule has 0 fully saturated rings. The summed E-state index contributed by atoms with van der Waals surface area (Å²) in [5.41, 5.74) is 2.04. The van der Waals surface area contributed by atoms with Crippen LogP contribution < -0.4 is 10.9 Å². The first kappa shape index (κ1) is 21.2. The quantitative estimate of drug-likeness (QED) is 0.333. The van der Waals surface area contributed by atoms with Crippen molar-refractivity contribution in [1.82, 2.24) is 19.3 Å². The molecule has 4 rings (SSSR count). The van der Waals surface area contributed by atoms with Crippen LogP contribution in [0.1, 0.15) is 18.4 Å². The largest absolute Gasteiger partial charge is 0.467 e. The van der Waals surface area contributed by atoms with E-state index < -0.39 is 0 Å². The third kappa shape index (κ3) is 4.52. The maximum Gasteiger partial charge on any atom is 0.280 e. The van der Waals surface area contributed by atoms with Crippen molar-refractivity contribution in [2.45, 2.75) is 32.1 Å². The van der Waals surface area contributed by atoms with Gasteiger partial charge in [-0.05, 0) is 44.2 Å². The molecule has 0 saturated heterocycles. The summed E-state index contributed by atoms with van der Waals surface area (Å²) in [7, 11) is 0. The first-order chi connectivity index (χ1) is 15.0. The maximum atomic E-state index is 13.3. The molecule has 1 N–H and O–H groups in total. The number of nitrogens with zero attached hydrogens (tertiary/aromatic N) is 4. The second-order valence-electron chi connectivity index (χ2n) is 6.81. The zero-order valence-corrected chi connectivity index (χ0v) is 18.5. The van der Waals surface area contributed by atoms with E-state index in [1.54, 1.807) is 47.3 Å². The van der Waals surface area contributed by atoms with Crippen LogP contribution in [0.4, 0.5) is 5.69 Å². The smallest absolute Gasteiger partial charge is 0.280 e. The summed E-state index contributed by atoms with van der Waals surface area (Å²) in [6.45, 7) is 4.50. The number of carbonyl (C=O) groups is 1. The van der Waals surface area contributed by atoms with Crippen LogP contribution in [-0.2, 0) is 17.9 Å². The fourth-order valence-electron chi connectivity index (χ4n) is 3.22. The molecule has 1 amide bonds. The van der Waals surface area contributed by atoms with Gasteiger partial charge >= 0.3 is 0 Å². The molecule has 0 bridgehead atoms. The molecule has 0 radical (unpaired) electrons. The minimum absolute atomic E-state index is 0.0730. The van der Waals surface area contributed by atoms with Crippen molar-refractivity contribution in [1.29, 1.82) is 0 Å². The van der Waals surface area contributed by atoms with Crippen LogP contribution in [-0.4, -0.2) is 31.0 Å². The first-order valence-corrected chi connectivity index (χ1v) is 11.0. The van der Waals surface area contributed by atoms with Crippen molar-refractivity contribution >= 4 is 46.0 Å². The first-order valence-electron chi connectivity index (χ1n) is 9.64. The summed E-state index contributed by atoms with van der Waals surface area (Å²) in [5.74, 6) is 0.462. The normalized spacial score (nSPS) is 11.2. The molecule has 0 spiro atoms. The summed E-state index contributed by atoms with van der Waals surface area (Å²) >= 11 is 7.15. The Morgan fingerprint density at radius 2 is 2.13 bits per heavy atom. The lowest BCUT2D eigenvalue weighted by atomic mass is 10.3. The van der Waals surface area contributed by atoms with Gasteiger partial charge in [-0.2, -0.15) is 5.10 Å². The Morgan fingerprint density at radius 1 is 1.29 bits per heavy atom. The number of fused-ring (bicyclic) bond motifs is 1. The van der Waals surface area contributed by atoms with Crippen LogP contribution in [0.5, 0.6) is 0 Å². The molecule has 31 heavy (non-hydrogen) atoms. The molecule has 10 heteroatoms. The number of hydrogen-bond acceptors (Lipinski definition) is 6. The third-order valence-electron chi connectivity index (χ3n) is 4.62. The van der Waals surface area contributed by atoms with Gasteiger partial charge in [0.15, 0.2) is 10.7 Å². The van der Waals surface area contributed by atoms with E-state index in [2.05, 4.69) is 15.4 Å². The number of aromatic nitrogens is 4. The van der Waals surface area contributed by atoms with E-state index in [1.807, 2.05) is 13.8 Å². The molecule has 8 nitrogen and oxygen atoms in total. The number of halogens is 1. The van der Waals surface area contributed by atoms with Crippen molar-refractivity contribution in [2.24, 2.45) is 0 Å². The molecule has 0 aliphatic heterocycles. The molecular formula is C21H20ClN5O3S. The number of nitrogens with one attached hydrogen (secondary N) is 1. The Labute approximate surface area is 187 Å². The van der Waals surface area contributed by atoms with E-state index in [0.717, 1.165) is 0 Å². The summed E-state index contributed by atoms with van der Waals surface area (Å²) in [4.78, 5) is 30.5. The molecule has 3 heterocycles. The Morgan fingerprint density at radius 3 is 2.84 bits per heavy atom. The van der Waals surface area contributed by atoms with Gasteiger partial charge in [0.2, 0.25) is 5.91 Å². The van der Waals surface area contributed by atoms with Crippen LogP contribution in [0.25, 0.3) is 11.0 Å². The van der Waals surface area contributed by atoms with Gasteiger partial charge in [0, 0.05) is 17.3 Å². The number of carbonyl (C=O) groups excluding carboxylic acids is 1. The van der Waals surface area contributed by atoms with Gasteiger partial charge in [-0.15, -0.1) is 0 Å². The SMILES string of the molecule is CCn1nc(C)c2nc(SCC(=O)Nc3cccc(Cl)c3)n(Cc3ccco3)c(=O)c21. The number of hydrogen-bond donors (Lipinski definition) is 1. The Bertz CT molecular complexity index is 1300. The van der Waals surface area contributed by atoms with E-state index in [4.69, 9.17) is 16.0 Å². The van der Waals surface area contributed by atoms with Crippen molar-refractivity contribution in [3.05, 3.63) is 69.5 Å². The minimum atomic E-state index is -0.230. The van der Waals surface area contributed by atoms with Crippen LogP contribution in [0.15, 0.2) is 57.0 Å². The Balaban J connectivity index is 1.66. The summed E-state index contributed by atoms with van der Waals surface area (Å²) in [6, 6.07) is 10.5. The van der Waals surface area contributed by atoms with E-state index in [0.29, 0.717) is 44.9 Å². The Hall–Kier alpha value is -3.04. The van der Waals surface area contributed by atoms with E-state index in [-0.39, 0.29) is 23.8 Å². The molecule has 0 saturated carbocycles. The maximum absolute atomic E-state index is 13.3. The van der Waals surface area contributed by atoms with Gasteiger partial charge in [-0.25, -0.2) is 4.98 Å². The summed E-state index contributed by atoms with van der Waals surface area (Å²) in [5, 5.41) is 8.18. The van der Waals surface area contributed by atoms with Crippen LogP contribution >= 0.6 is 23.4 Å². The van der Waals surface area contributed by atoms with Crippen LogP contribution in [0.3, 0.4) is 0 Å². The van der Waals surface area contributed by atoms with Crippen molar-refractivity contribution < 1.29 is 9.21 Å². The topological polar surface area (TPSA) is 95.0 Å².